The number of nitrogens with zero attached hydrogens (tertiary/aromatic N) is 4. The standard InChI is InChI=1S/C19H21N5O2S/c1-13-5-6-16(26-2)15(12-13)21-18(25)23-8-10-24(11-9-23)19-22-14-4-3-7-20-17(14)27-19/h3-7,12H,8-11H2,1-2H3,(H,21,25). The first-order chi connectivity index (χ1) is 13.1. The van der Waals surface area contributed by atoms with Gasteiger partial charge in [0.05, 0.1) is 12.8 Å². The van der Waals surface area contributed by atoms with Gasteiger partial charge in [0.25, 0.3) is 0 Å². The minimum atomic E-state index is -0.107. The van der Waals surface area contributed by atoms with Gasteiger partial charge >= 0.3 is 6.03 Å². The van der Waals surface area contributed by atoms with E-state index < -0.39 is 0 Å². The number of piperazine rings is 1. The molecule has 0 atom stereocenters. The lowest BCUT2D eigenvalue weighted by Gasteiger charge is -2.34. The van der Waals surface area contributed by atoms with E-state index in [1.165, 1.54) is 0 Å². The molecule has 7 nitrogen and oxygen atoms in total. The van der Waals surface area contributed by atoms with E-state index in [4.69, 9.17) is 4.74 Å². The summed E-state index contributed by atoms with van der Waals surface area (Å²) in [6, 6.07) is 9.50. The number of aromatic nitrogens is 2. The van der Waals surface area contributed by atoms with Crippen LogP contribution in [0.1, 0.15) is 5.56 Å². The molecule has 0 aliphatic carbocycles. The first kappa shape index (κ1) is 17.5. The van der Waals surface area contributed by atoms with E-state index in [2.05, 4.69) is 20.2 Å². The fraction of sp³-hybridized carbons (Fsp3) is 0.316. The molecule has 0 spiro atoms. The van der Waals surface area contributed by atoms with Crippen molar-refractivity contribution in [1.82, 2.24) is 14.9 Å². The summed E-state index contributed by atoms with van der Waals surface area (Å²) in [5, 5.41) is 3.93. The topological polar surface area (TPSA) is 70.6 Å². The molecule has 3 aromatic rings. The van der Waals surface area contributed by atoms with Crippen LogP contribution >= 0.6 is 11.3 Å². The summed E-state index contributed by atoms with van der Waals surface area (Å²) in [7, 11) is 1.60. The normalized spacial score (nSPS) is 14.4. The zero-order valence-corrected chi connectivity index (χ0v) is 16.1. The number of amides is 2. The van der Waals surface area contributed by atoms with E-state index in [0.29, 0.717) is 24.5 Å². The average molecular weight is 383 g/mol. The number of methoxy groups -OCH3 is 1. The Morgan fingerprint density at radius 2 is 2.04 bits per heavy atom. The zero-order valence-electron chi connectivity index (χ0n) is 15.3. The van der Waals surface area contributed by atoms with E-state index in [1.807, 2.05) is 42.2 Å². The first-order valence-corrected chi connectivity index (χ1v) is 9.63. The van der Waals surface area contributed by atoms with Crippen LogP contribution in [0.3, 0.4) is 0 Å². The van der Waals surface area contributed by atoms with Gasteiger partial charge in [-0.25, -0.2) is 14.8 Å². The number of pyridine rings is 1. The molecular weight excluding hydrogens is 362 g/mol. The lowest BCUT2D eigenvalue weighted by molar-refractivity contribution is 0.208. The molecule has 0 bridgehead atoms. The molecule has 2 amide bonds. The van der Waals surface area contributed by atoms with Crippen molar-refractivity contribution < 1.29 is 9.53 Å². The number of thiazole rings is 1. The van der Waals surface area contributed by atoms with Crippen LogP contribution in [0, 0.1) is 6.92 Å². The fourth-order valence-corrected chi connectivity index (χ4v) is 4.07. The lowest BCUT2D eigenvalue weighted by atomic mass is 10.2. The van der Waals surface area contributed by atoms with E-state index in [-0.39, 0.29) is 6.03 Å². The summed E-state index contributed by atoms with van der Waals surface area (Å²) >= 11 is 1.59. The molecule has 1 aliphatic rings. The van der Waals surface area contributed by atoms with Gasteiger partial charge in [0.2, 0.25) is 0 Å². The molecule has 0 saturated carbocycles. The fourth-order valence-electron chi connectivity index (χ4n) is 3.11. The maximum atomic E-state index is 12.6. The average Bonchev–Trinajstić information content (AvgIpc) is 3.12. The second-order valence-corrected chi connectivity index (χ2v) is 7.39. The van der Waals surface area contributed by atoms with Crippen molar-refractivity contribution in [2.24, 2.45) is 0 Å². The number of ether oxygens (including phenoxy) is 1. The Morgan fingerprint density at radius 3 is 2.78 bits per heavy atom. The molecule has 1 N–H and O–H groups in total. The minimum Gasteiger partial charge on any atom is -0.495 e. The molecule has 1 fully saturated rings. The number of aryl methyl sites for hydroxylation is 1. The predicted molar refractivity (Wildman–Crippen MR) is 108 cm³/mol. The molecule has 3 heterocycles. The molecule has 1 saturated heterocycles. The van der Waals surface area contributed by atoms with Gasteiger partial charge in [-0.1, -0.05) is 17.4 Å². The Balaban J connectivity index is 1.40. The summed E-state index contributed by atoms with van der Waals surface area (Å²) in [5.74, 6) is 0.662. The van der Waals surface area contributed by atoms with Crippen molar-refractivity contribution in [3.63, 3.8) is 0 Å². The number of anilines is 2. The molecule has 1 aliphatic heterocycles. The van der Waals surface area contributed by atoms with Crippen LogP contribution in [0.4, 0.5) is 15.6 Å². The van der Waals surface area contributed by atoms with Gasteiger partial charge in [-0.3, -0.25) is 0 Å². The number of carbonyl (C=O) groups excluding carboxylic acids is 1. The van der Waals surface area contributed by atoms with Crippen LogP contribution in [0.5, 0.6) is 5.75 Å². The van der Waals surface area contributed by atoms with Crippen LogP contribution in [0.15, 0.2) is 36.5 Å². The van der Waals surface area contributed by atoms with E-state index in [0.717, 1.165) is 34.1 Å². The number of urea groups is 1. The maximum Gasteiger partial charge on any atom is 0.322 e. The first-order valence-electron chi connectivity index (χ1n) is 8.81. The number of rotatable bonds is 3. The summed E-state index contributed by atoms with van der Waals surface area (Å²) in [6.45, 7) is 4.77. The number of nitrogens with one attached hydrogen (secondary N) is 1. The van der Waals surface area contributed by atoms with Gasteiger partial charge in [-0.2, -0.15) is 0 Å². The van der Waals surface area contributed by atoms with Crippen molar-refractivity contribution in [1.29, 1.82) is 0 Å². The third kappa shape index (κ3) is 3.66. The molecule has 8 heteroatoms. The van der Waals surface area contributed by atoms with E-state index in [9.17, 15) is 4.79 Å². The molecule has 2 aromatic heterocycles. The molecular formula is C19H21N5O2S. The van der Waals surface area contributed by atoms with Gasteiger partial charge in [0.1, 0.15) is 16.1 Å². The second-order valence-electron chi connectivity index (χ2n) is 6.43. The number of fused-ring (bicyclic) bond motifs is 1. The van der Waals surface area contributed by atoms with Crippen LogP contribution in [-0.4, -0.2) is 54.2 Å². The van der Waals surface area contributed by atoms with Crippen molar-refractivity contribution >= 4 is 38.5 Å². The Kier molecular flexibility index (Phi) is 4.81. The highest BCUT2D eigenvalue weighted by molar-refractivity contribution is 7.21. The van der Waals surface area contributed by atoms with Gasteiger partial charge in [-0.05, 0) is 36.8 Å². The summed E-state index contributed by atoms with van der Waals surface area (Å²) in [4.78, 5) is 26.6. The van der Waals surface area contributed by atoms with Crippen LogP contribution in [0.25, 0.3) is 10.3 Å². The minimum absolute atomic E-state index is 0.107. The third-order valence-electron chi connectivity index (χ3n) is 4.59. The Labute approximate surface area is 161 Å². The number of benzene rings is 1. The van der Waals surface area contributed by atoms with Crippen molar-refractivity contribution in [3.05, 3.63) is 42.1 Å². The zero-order chi connectivity index (χ0) is 18.8. The molecule has 140 valence electrons. The Hall–Kier alpha value is -2.87. The summed E-state index contributed by atoms with van der Waals surface area (Å²) in [6.07, 6.45) is 1.78. The summed E-state index contributed by atoms with van der Waals surface area (Å²) < 4.78 is 5.34. The summed E-state index contributed by atoms with van der Waals surface area (Å²) in [5.41, 5.74) is 2.69. The largest absolute Gasteiger partial charge is 0.495 e. The highest BCUT2D eigenvalue weighted by atomic mass is 32.1. The van der Waals surface area contributed by atoms with Crippen LogP contribution < -0.4 is 15.0 Å². The van der Waals surface area contributed by atoms with Crippen LogP contribution in [-0.2, 0) is 0 Å². The molecule has 4 rings (SSSR count). The van der Waals surface area contributed by atoms with Crippen LogP contribution in [0.2, 0.25) is 0 Å². The van der Waals surface area contributed by atoms with E-state index in [1.54, 1.807) is 24.6 Å². The second kappa shape index (κ2) is 7.40. The number of hydrogen-bond acceptors (Lipinski definition) is 6. The molecule has 0 unspecified atom stereocenters. The van der Waals surface area contributed by atoms with Gasteiger partial charge in [-0.15, -0.1) is 0 Å². The molecule has 27 heavy (non-hydrogen) atoms. The van der Waals surface area contributed by atoms with Gasteiger partial charge in [0.15, 0.2) is 5.13 Å². The SMILES string of the molecule is COc1ccc(C)cc1NC(=O)N1CCN(c2nc3cccnc3s2)CC1. The smallest absolute Gasteiger partial charge is 0.322 e. The maximum absolute atomic E-state index is 12.6. The van der Waals surface area contributed by atoms with Gasteiger partial charge < -0.3 is 19.9 Å². The van der Waals surface area contributed by atoms with Gasteiger partial charge in [0, 0.05) is 32.4 Å². The molecule has 0 radical (unpaired) electrons. The number of hydrogen-bond donors (Lipinski definition) is 1. The highest BCUT2D eigenvalue weighted by Crippen LogP contribution is 2.28. The number of carbonyl (C=O) groups is 1. The lowest BCUT2D eigenvalue weighted by Crippen LogP contribution is -2.50. The highest BCUT2D eigenvalue weighted by Gasteiger charge is 2.24. The third-order valence-corrected chi connectivity index (χ3v) is 5.63. The van der Waals surface area contributed by atoms with Crippen molar-refractivity contribution in [3.8, 4) is 5.75 Å². The monoisotopic (exact) mass is 383 g/mol. The molecule has 1 aromatic carbocycles. The van der Waals surface area contributed by atoms with Crippen molar-refractivity contribution in [2.45, 2.75) is 6.92 Å². The van der Waals surface area contributed by atoms with Crippen molar-refractivity contribution in [2.75, 3.05) is 43.5 Å². The Morgan fingerprint density at radius 1 is 1.22 bits per heavy atom. The Bertz CT molecular complexity index is 933. The van der Waals surface area contributed by atoms with E-state index >= 15 is 0 Å². The predicted octanol–water partition coefficient (Wildman–Crippen LogP) is 3.36. The quantitative estimate of drug-likeness (QED) is 0.751.